The Kier molecular flexibility index (Phi) is 21.9. The molecule has 1 atom stereocenters. The Morgan fingerprint density at radius 3 is 1.57 bits per heavy atom. The maximum absolute atomic E-state index is 6.14. The summed E-state index contributed by atoms with van der Waals surface area (Å²) in [5, 5.41) is 0. The predicted octanol–water partition coefficient (Wildman–Crippen LogP) is 11.0. The Morgan fingerprint density at radius 2 is 1.29 bits per heavy atom. The Bertz CT molecular complexity index is 981. The normalized spacial score (nSPS) is 16.5. The number of benzene rings is 2. The highest BCUT2D eigenvalue weighted by atomic mass is 79.9. The van der Waals surface area contributed by atoms with Gasteiger partial charge in [0.2, 0.25) is 0 Å². The van der Waals surface area contributed by atoms with Gasteiger partial charge in [-0.2, -0.15) is 22.2 Å². The standard InChI is InChI=1S/C12H20BrNSi2.C7H8BrN.C6H16Cl2Si2.C6H15N/c1-15-7-8-16(2,3)14(15)10-11-5-4-6-12(13)9-11;8-7-3-1-2-6(4-7)5-9;1-9(2,7)5-6-10(3,4)8;1-4-7(5-2)6-3/h4-6,9,15H,7-8,10H2,1-3H3;1-4H,5,9H2;5-6H2,1-4H3;4-6H2,1-3H3. The van der Waals surface area contributed by atoms with Gasteiger partial charge >= 0.3 is 0 Å². The van der Waals surface area contributed by atoms with E-state index in [4.69, 9.17) is 27.9 Å². The van der Waals surface area contributed by atoms with Crippen LogP contribution in [0.5, 0.6) is 0 Å². The first-order valence-corrected chi connectivity index (χ1v) is 31.1. The third-order valence-corrected chi connectivity index (χ3v) is 22.6. The first-order valence-electron chi connectivity index (χ1n) is 15.4. The summed E-state index contributed by atoms with van der Waals surface area (Å²) in [5.74, 6) is 0. The molecule has 2 N–H and O–H groups in total. The van der Waals surface area contributed by atoms with E-state index in [1.807, 2.05) is 24.3 Å². The molecule has 0 spiro atoms. The van der Waals surface area contributed by atoms with Crippen LogP contribution in [0.15, 0.2) is 57.5 Å². The number of hydrogen-bond acceptors (Lipinski definition) is 3. The van der Waals surface area contributed by atoms with Gasteiger partial charge in [0.05, 0.1) is 0 Å². The highest BCUT2D eigenvalue weighted by Gasteiger charge is 2.39. The van der Waals surface area contributed by atoms with Crippen LogP contribution in [0, 0.1) is 0 Å². The van der Waals surface area contributed by atoms with Gasteiger partial charge in [-0.05, 0) is 79.2 Å². The van der Waals surface area contributed by atoms with Crippen molar-refractivity contribution in [3.8, 4) is 0 Å². The van der Waals surface area contributed by atoms with Crippen LogP contribution in [-0.4, -0.2) is 60.7 Å². The topological polar surface area (TPSA) is 32.5 Å². The van der Waals surface area contributed by atoms with E-state index in [0.29, 0.717) is 6.54 Å². The van der Waals surface area contributed by atoms with Gasteiger partial charge in [-0.25, -0.2) is 0 Å². The molecule has 1 saturated heterocycles. The predicted molar refractivity (Wildman–Crippen MR) is 212 cm³/mol. The zero-order valence-electron chi connectivity index (χ0n) is 28.0. The number of hydrogen-bond donors (Lipinski definition) is 1. The molecular weight excluding hydrogens is 757 g/mol. The van der Waals surface area contributed by atoms with Gasteiger partial charge in [0.1, 0.15) is 32.0 Å². The summed E-state index contributed by atoms with van der Waals surface area (Å²) in [6, 6.07) is 22.1. The molecule has 1 fully saturated rings. The average molecular weight is 817 g/mol. The van der Waals surface area contributed by atoms with Gasteiger partial charge in [0, 0.05) is 22.0 Å². The Hall–Kier alpha value is 0.728. The molecule has 3 rings (SSSR count). The van der Waals surface area contributed by atoms with Gasteiger partial charge in [-0.15, -0.1) is 0 Å². The van der Waals surface area contributed by atoms with Crippen LogP contribution in [0.3, 0.4) is 0 Å². The second kappa shape index (κ2) is 21.5. The van der Waals surface area contributed by atoms with Crippen molar-refractivity contribution in [2.24, 2.45) is 5.73 Å². The van der Waals surface area contributed by atoms with E-state index in [2.05, 4.69) is 132 Å². The summed E-state index contributed by atoms with van der Waals surface area (Å²) in [7, 11) is -4.34. The van der Waals surface area contributed by atoms with Crippen molar-refractivity contribution in [3.05, 3.63) is 68.6 Å². The van der Waals surface area contributed by atoms with Crippen molar-refractivity contribution in [2.75, 3.05) is 19.6 Å². The zero-order chi connectivity index (χ0) is 32.6. The molecule has 242 valence electrons. The summed E-state index contributed by atoms with van der Waals surface area (Å²) >= 11 is 19.2. The molecule has 0 aliphatic carbocycles. The Balaban J connectivity index is 0.000000565. The van der Waals surface area contributed by atoms with E-state index in [1.54, 1.807) is 0 Å². The summed E-state index contributed by atoms with van der Waals surface area (Å²) < 4.78 is 5.19. The molecule has 1 heterocycles. The van der Waals surface area contributed by atoms with Crippen molar-refractivity contribution >= 4 is 86.0 Å². The van der Waals surface area contributed by atoms with Crippen LogP contribution in [0.4, 0.5) is 0 Å². The average Bonchev–Trinajstić information content (AvgIpc) is 3.16. The summed E-state index contributed by atoms with van der Waals surface area (Å²) in [6.45, 7) is 28.2. The maximum atomic E-state index is 6.14. The molecule has 0 aromatic heterocycles. The molecule has 0 radical (unpaired) electrons. The van der Waals surface area contributed by atoms with Crippen molar-refractivity contribution in [3.63, 3.8) is 0 Å². The second-order valence-electron chi connectivity index (χ2n) is 12.8. The molecule has 3 nitrogen and oxygen atoms in total. The van der Waals surface area contributed by atoms with Crippen LogP contribution in [-0.2, 0) is 13.1 Å². The smallest absolute Gasteiger partial charge is 0.150 e. The zero-order valence-corrected chi connectivity index (χ0v) is 36.9. The van der Waals surface area contributed by atoms with Crippen molar-refractivity contribution in [1.29, 1.82) is 0 Å². The lowest BCUT2D eigenvalue weighted by Crippen LogP contribution is -2.47. The lowest BCUT2D eigenvalue weighted by molar-refractivity contribution is 0.321. The van der Waals surface area contributed by atoms with Crippen molar-refractivity contribution in [2.45, 2.75) is 104 Å². The molecule has 2 aromatic carbocycles. The first-order chi connectivity index (χ1) is 19.4. The van der Waals surface area contributed by atoms with Crippen LogP contribution < -0.4 is 5.73 Å². The van der Waals surface area contributed by atoms with Gasteiger partial charge in [-0.3, -0.25) is 0 Å². The molecule has 1 unspecified atom stereocenters. The van der Waals surface area contributed by atoms with Gasteiger partial charge in [0.15, 0.2) is 0 Å². The van der Waals surface area contributed by atoms with Crippen LogP contribution in [0.2, 0.25) is 70.0 Å². The number of nitrogens with two attached hydrogens (primary N) is 1. The highest BCUT2D eigenvalue weighted by molar-refractivity contribution is 9.10. The van der Waals surface area contributed by atoms with Gasteiger partial charge in [-0.1, -0.05) is 123 Å². The highest BCUT2D eigenvalue weighted by Crippen LogP contribution is 2.31. The van der Waals surface area contributed by atoms with Crippen LogP contribution in [0.25, 0.3) is 0 Å². The third-order valence-electron chi connectivity index (χ3n) is 7.51. The van der Waals surface area contributed by atoms with Crippen LogP contribution >= 0.6 is 54.0 Å². The van der Waals surface area contributed by atoms with E-state index >= 15 is 0 Å². The molecule has 1 aliphatic heterocycles. The quantitative estimate of drug-likeness (QED) is 0.202. The first kappa shape index (κ1) is 42.7. The molecule has 0 amide bonds. The van der Waals surface area contributed by atoms with E-state index < -0.39 is 32.0 Å². The second-order valence-corrected chi connectivity index (χ2v) is 36.8. The van der Waals surface area contributed by atoms with E-state index in [0.717, 1.165) is 22.1 Å². The number of rotatable bonds is 9. The summed E-state index contributed by atoms with van der Waals surface area (Å²) in [4.78, 5) is 2.38. The Labute approximate surface area is 290 Å². The SMILES string of the molecule is CCN(CC)CC.C[SiH]1CC[Si](C)(C)N1Cc1cccc(Br)c1.C[Si](C)(Cl)CC[Si](C)(C)Cl.NCc1cccc(Br)c1. The molecular formula is C31H59Br2Cl2N3Si4. The molecule has 42 heavy (non-hydrogen) atoms. The van der Waals surface area contributed by atoms with E-state index in [1.165, 1.54) is 48.3 Å². The third kappa shape index (κ3) is 20.7. The van der Waals surface area contributed by atoms with Gasteiger partial charge < -0.3 is 14.9 Å². The fraction of sp³-hybridized carbons (Fsp3) is 0.613. The minimum atomic E-state index is -1.34. The molecule has 11 heteroatoms. The summed E-state index contributed by atoms with van der Waals surface area (Å²) in [6.07, 6.45) is 0. The van der Waals surface area contributed by atoms with E-state index in [-0.39, 0.29) is 0 Å². The number of nitrogens with zero attached hydrogens (tertiary/aromatic N) is 2. The molecule has 0 bridgehead atoms. The lowest BCUT2D eigenvalue weighted by atomic mass is 10.2. The van der Waals surface area contributed by atoms with Crippen molar-refractivity contribution in [1.82, 2.24) is 9.13 Å². The minimum absolute atomic E-state index is 0.595. The molecule has 1 aliphatic rings. The maximum Gasteiger partial charge on any atom is 0.150 e. The molecule has 2 aromatic rings. The number of halogens is 4. The Morgan fingerprint density at radius 1 is 0.857 bits per heavy atom. The fourth-order valence-electron chi connectivity index (χ4n) is 4.59. The summed E-state index contributed by atoms with van der Waals surface area (Å²) in [5.41, 5.74) is 8.02. The minimum Gasteiger partial charge on any atom is -0.344 e. The largest absolute Gasteiger partial charge is 0.344 e. The van der Waals surface area contributed by atoms with Gasteiger partial charge in [0.25, 0.3) is 0 Å². The fourth-order valence-corrected chi connectivity index (χ4v) is 23.7. The lowest BCUT2D eigenvalue weighted by Gasteiger charge is -2.33. The monoisotopic (exact) mass is 813 g/mol. The molecule has 0 saturated carbocycles. The van der Waals surface area contributed by atoms with E-state index in [9.17, 15) is 0 Å². The van der Waals surface area contributed by atoms with Crippen molar-refractivity contribution < 1.29 is 0 Å². The van der Waals surface area contributed by atoms with Crippen LogP contribution in [0.1, 0.15) is 31.9 Å².